The molecule has 0 aliphatic heterocycles. The average Bonchev–Trinajstić information content (AvgIpc) is 2.49. The van der Waals surface area contributed by atoms with E-state index in [1.807, 2.05) is 6.92 Å². The van der Waals surface area contributed by atoms with Gasteiger partial charge in [-0.25, -0.2) is 4.79 Å². The standard InChI is InChI=1S/C11H19NO2/c1-9(7-10(13)14)8-12-11(2)5-3-4-6-11/h7,12H,3-6,8H2,1-2H3,(H,13,14). The molecule has 1 saturated carbocycles. The number of carbonyl (C=O) groups is 1. The molecule has 0 aromatic rings. The first kappa shape index (κ1) is 11.2. The summed E-state index contributed by atoms with van der Waals surface area (Å²) in [7, 11) is 0. The van der Waals surface area contributed by atoms with Crippen LogP contribution in [-0.4, -0.2) is 23.2 Å². The Balaban J connectivity index is 2.36. The van der Waals surface area contributed by atoms with Gasteiger partial charge in [0.25, 0.3) is 0 Å². The van der Waals surface area contributed by atoms with Crippen LogP contribution in [0.3, 0.4) is 0 Å². The monoisotopic (exact) mass is 197 g/mol. The minimum atomic E-state index is -0.860. The number of aliphatic carboxylic acids is 1. The number of nitrogens with one attached hydrogen (secondary N) is 1. The van der Waals surface area contributed by atoms with Crippen LogP contribution in [0.25, 0.3) is 0 Å². The third-order valence-corrected chi connectivity index (χ3v) is 2.87. The van der Waals surface area contributed by atoms with Gasteiger partial charge in [0.2, 0.25) is 0 Å². The Morgan fingerprint density at radius 3 is 2.57 bits per heavy atom. The van der Waals surface area contributed by atoms with Crippen molar-refractivity contribution in [1.82, 2.24) is 5.32 Å². The van der Waals surface area contributed by atoms with E-state index in [1.54, 1.807) is 0 Å². The van der Waals surface area contributed by atoms with E-state index < -0.39 is 5.97 Å². The van der Waals surface area contributed by atoms with Crippen LogP contribution in [0.2, 0.25) is 0 Å². The van der Waals surface area contributed by atoms with Gasteiger partial charge in [0.1, 0.15) is 0 Å². The fourth-order valence-corrected chi connectivity index (χ4v) is 1.95. The first-order valence-electron chi connectivity index (χ1n) is 5.17. The van der Waals surface area contributed by atoms with Crippen LogP contribution in [0.5, 0.6) is 0 Å². The zero-order valence-corrected chi connectivity index (χ0v) is 8.97. The van der Waals surface area contributed by atoms with Crippen LogP contribution < -0.4 is 5.32 Å². The van der Waals surface area contributed by atoms with Crippen LogP contribution in [0, 0.1) is 0 Å². The van der Waals surface area contributed by atoms with E-state index >= 15 is 0 Å². The summed E-state index contributed by atoms with van der Waals surface area (Å²) in [5.41, 5.74) is 1.11. The van der Waals surface area contributed by atoms with Crippen LogP contribution >= 0.6 is 0 Å². The third kappa shape index (κ3) is 3.50. The summed E-state index contributed by atoms with van der Waals surface area (Å²) >= 11 is 0. The number of carboxylic acids is 1. The second-order valence-corrected chi connectivity index (χ2v) is 4.45. The lowest BCUT2D eigenvalue weighted by Crippen LogP contribution is -2.40. The van der Waals surface area contributed by atoms with Gasteiger partial charge in [-0.15, -0.1) is 0 Å². The predicted molar refractivity (Wildman–Crippen MR) is 56.3 cm³/mol. The van der Waals surface area contributed by atoms with Gasteiger partial charge in [-0.1, -0.05) is 18.4 Å². The summed E-state index contributed by atoms with van der Waals surface area (Å²) in [6.07, 6.45) is 6.24. The highest BCUT2D eigenvalue weighted by atomic mass is 16.4. The van der Waals surface area contributed by atoms with Crippen molar-refractivity contribution >= 4 is 5.97 Å². The van der Waals surface area contributed by atoms with E-state index in [-0.39, 0.29) is 5.54 Å². The van der Waals surface area contributed by atoms with Crippen molar-refractivity contribution in [3.05, 3.63) is 11.6 Å². The smallest absolute Gasteiger partial charge is 0.328 e. The molecule has 0 amide bonds. The van der Waals surface area contributed by atoms with E-state index in [0.29, 0.717) is 6.54 Å². The van der Waals surface area contributed by atoms with Crippen molar-refractivity contribution in [3.63, 3.8) is 0 Å². The summed E-state index contributed by atoms with van der Waals surface area (Å²) in [6.45, 7) is 4.75. The Labute approximate surface area is 85.2 Å². The molecule has 0 aromatic carbocycles. The lowest BCUT2D eigenvalue weighted by atomic mass is 10.0. The van der Waals surface area contributed by atoms with Gasteiger partial charge < -0.3 is 10.4 Å². The molecule has 0 radical (unpaired) electrons. The maximum absolute atomic E-state index is 10.4. The zero-order valence-electron chi connectivity index (χ0n) is 8.97. The second-order valence-electron chi connectivity index (χ2n) is 4.45. The molecule has 0 unspecified atom stereocenters. The molecule has 14 heavy (non-hydrogen) atoms. The predicted octanol–water partition coefficient (Wildman–Crippen LogP) is 1.94. The molecule has 80 valence electrons. The fraction of sp³-hybridized carbons (Fsp3) is 0.727. The molecule has 2 N–H and O–H groups in total. The Kier molecular flexibility index (Phi) is 3.69. The maximum atomic E-state index is 10.4. The van der Waals surface area contributed by atoms with Crippen molar-refractivity contribution < 1.29 is 9.90 Å². The normalized spacial score (nSPS) is 21.1. The quantitative estimate of drug-likeness (QED) is 0.677. The average molecular weight is 197 g/mol. The first-order valence-corrected chi connectivity index (χ1v) is 5.17. The largest absolute Gasteiger partial charge is 0.478 e. The lowest BCUT2D eigenvalue weighted by molar-refractivity contribution is -0.131. The van der Waals surface area contributed by atoms with E-state index in [0.717, 1.165) is 5.57 Å². The Morgan fingerprint density at radius 1 is 1.50 bits per heavy atom. The van der Waals surface area contributed by atoms with Crippen molar-refractivity contribution in [1.29, 1.82) is 0 Å². The topological polar surface area (TPSA) is 49.3 Å². The van der Waals surface area contributed by atoms with Gasteiger partial charge in [0.15, 0.2) is 0 Å². The summed E-state index contributed by atoms with van der Waals surface area (Å²) in [5.74, 6) is -0.860. The molecule has 0 saturated heterocycles. The summed E-state index contributed by atoms with van der Waals surface area (Å²) in [4.78, 5) is 10.4. The number of hydrogen-bond acceptors (Lipinski definition) is 2. The SMILES string of the molecule is CC(=CC(=O)O)CNC1(C)CCCC1. The summed E-state index contributed by atoms with van der Waals surface area (Å²) < 4.78 is 0. The minimum absolute atomic E-state index is 0.230. The Morgan fingerprint density at radius 2 is 2.07 bits per heavy atom. The van der Waals surface area contributed by atoms with Crippen LogP contribution in [0.1, 0.15) is 39.5 Å². The highest BCUT2D eigenvalue weighted by Crippen LogP contribution is 2.28. The van der Waals surface area contributed by atoms with Gasteiger partial charge in [0, 0.05) is 18.2 Å². The van der Waals surface area contributed by atoms with Crippen LogP contribution in [0.4, 0.5) is 0 Å². The van der Waals surface area contributed by atoms with Crippen molar-refractivity contribution in [3.8, 4) is 0 Å². The molecular weight excluding hydrogens is 178 g/mol. The van der Waals surface area contributed by atoms with Crippen LogP contribution in [0.15, 0.2) is 11.6 Å². The molecule has 0 heterocycles. The van der Waals surface area contributed by atoms with E-state index in [9.17, 15) is 4.79 Å². The Hall–Kier alpha value is -0.830. The molecule has 3 heteroatoms. The molecule has 0 spiro atoms. The van der Waals surface area contributed by atoms with E-state index in [2.05, 4.69) is 12.2 Å². The van der Waals surface area contributed by atoms with Gasteiger partial charge in [-0.3, -0.25) is 0 Å². The lowest BCUT2D eigenvalue weighted by Gasteiger charge is -2.25. The molecule has 1 fully saturated rings. The summed E-state index contributed by atoms with van der Waals surface area (Å²) in [5, 5.41) is 12.0. The van der Waals surface area contributed by atoms with Gasteiger partial charge in [-0.05, 0) is 26.7 Å². The van der Waals surface area contributed by atoms with Gasteiger partial charge in [-0.2, -0.15) is 0 Å². The molecule has 0 bridgehead atoms. The molecule has 3 nitrogen and oxygen atoms in total. The van der Waals surface area contributed by atoms with Crippen molar-refractivity contribution in [2.45, 2.75) is 45.1 Å². The number of rotatable bonds is 4. The maximum Gasteiger partial charge on any atom is 0.328 e. The van der Waals surface area contributed by atoms with Crippen LogP contribution in [-0.2, 0) is 4.79 Å². The second kappa shape index (κ2) is 4.60. The minimum Gasteiger partial charge on any atom is -0.478 e. The fourth-order valence-electron chi connectivity index (χ4n) is 1.95. The summed E-state index contributed by atoms with van der Waals surface area (Å²) in [6, 6.07) is 0. The first-order chi connectivity index (χ1) is 6.52. The molecular formula is C11H19NO2. The van der Waals surface area contributed by atoms with Gasteiger partial charge in [0.05, 0.1) is 0 Å². The molecule has 0 atom stereocenters. The van der Waals surface area contributed by atoms with E-state index in [4.69, 9.17) is 5.11 Å². The van der Waals surface area contributed by atoms with Crippen molar-refractivity contribution in [2.75, 3.05) is 6.54 Å². The molecule has 0 aromatic heterocycles. The highest BCUT2D eigenvalue weighted by Gasteiger charge is 2.27. The Bertz CT molecular complexity index is 240. The highest BCUT2D eigenvalue weighted by molar-refractivity contribution is 5.80. The van der Waals surface area contributed by atoms with E-state index in [1.165, 1.54) is 31.8 Å². The third-order valence-electron chi connectivity index (χ3n) is 2.87. The molecule has 1 rings (SSSR count). The van der Waals surface area contributed by atoms with Gasteiger partial charge >= 0.3 is 5.97 Å². The molecule has 1 aliphatic rings. The number of hydrogen-bond donors (Lipinski definition) is 2. The van der Waals surface area contributed by atoms with Crippen molar-refractivity contribution in [2.24, 2.45) is 0 Å². The zero-order chi connectivity index (χ0) is 10.6. The number of carboxylic acid groups (broad SMARTS) is 1. The molecule has 1 aliphatic carbocycles.